The zero-order valence-electron chi connectivity index (χ0n) is 9.49. The Kier molecular flexibility index (Phi) is 3.93. The van der Waals surface area contributed by atoms with Gasteiger partial charge in [0.05, 0.1) is 6.04 Å². The molecule has 1 amide bonds. The van der Waals surface area contributed by atoms with Gasteiger partial charge >= 0.3 is 0 Å². The molecule has 1 fully saturated rings. The van der Waals surface area contributed by atoms with Gasteiger partial charge in [-0.3, -0.25) is 9.69 Å². The maximum Gasteiger partial charge on any atom is 0.234 e. The van der Waals surface area contributed by atoms with Crippen molar-refractivity contribution in [3.63, 3.8) is 0 Å². The molecule has 1 saturated carbocycles. The van der Waals surface area contributed by atoms with Crippen LogP contribution in [0, 0.1) is 5.92 Å². The molecule has 14 heavy (non-hydrogen) atoms. The number of nitrogens with zero attached hydrogens (tertiary/aromatic N) is 1. The van der Waals surface area contributed by atoms with Gasteiger partial charge < -0.3 is 5.73 Å². The van der Waals surface area contributed by atoms with Crippen molar-refractivity contribution in [2.75, 3.05) is 6.54 Å². The second-order valence-electron chi connectivity index (χ2n) is 4.56. The molecule has 0 aromatic heterocycles. The van der Waals surface area contributed by atoms with Gasteiger partial charge in [0.15, 0.2) is 0 Å². The van der Waals surface area contributed by atoms with E-state index in [0.717, 1.165) is 18.9 Å². The van der Waals surface area contributed by atoms with Crippen molar-refractivity contribution >= 4 is 5.91 Å². The zero-order chi connectivity index (χ0) is 10.7. The molecule has 2 N–H and O–H groups in total. The molecule has 3 nitrogen and oxygen atoms in total. The lowest BCUT2D eigenvalue weighted by Crippen LogP contribution is -2.48. The SMILES string of the molecule is CCC(C(N)=O)N(CC1CC1)C(C)C. The van der Waals surface area contributed by atoms with E-state index in [1.54, 1.807) is 0 Å². The number of hydrogen-bond acceptors (Lipinski definition) is 2. The molecule has 0 aliphatic heterocycles. The van der Waals surface area contributed by atoms with E-state index in [1.807, 2.05) is 6.92 Å². The van der Waals surface area contributed by atoms with Crippen LogP contribution < -0.4 is 5.73 Å². The van der Waals surface area contributed by atoms with E-state index in [1.165, 1.54) is 12.8 Å². The zero-order valence-corrected chi connectivity index (χ0v) is 9.49. The average Bonchev–Trinajstić information content (AvgIpc) is 2.86. The molecule has 0 aromatic rings. The van der Waals surface area contributed by atoms with Crippen molar-refractivity contribution in [1.82, 2.24) is 4.90 Å². The van der Waals surface area contributed by atoms with Crippen LogP contribution in [0.3, 0.4) is 0 Å². The van der Waals surface area contributed by atoms with Crippen molar-refractivity contribution in [3.8, 4) is 0 Å². The monoisotopic (exact) mass is 198 g/mol. The highest BCUT2D eigenvalue weighted by molar-refractivity contribution is 5.79. The molecule has 1 rings (SSSR count). The largest absolute Gasteiger partial charge is 0.368 e. The Hall–Kier alpha value is -0.570. The van der Waals surface area contributed by atoms with E-state index in [9.17, 15) is 4.79 Å². The van der Waals surface area contributed by atoms with Crippen LogP contribution in [-0.4, -0.2) is 29.4 Å². The third-order valence-corrected chi connectivity index (χ3v) is 2.94. The number of primary amides is 1. The van der Waals surface area contributed by atoms with E-state index in [2.05, 4.69) is 18.7 Å². The summed E-state index contributed by atoms with van der Waals surface area (Å²) in [6, 6.07) is 0.337. The fraction of sp³-hybridized carbons (Fsp3) is 0.909. The highest BCUT2D eigenvalue weighted by Gasteiger charge is 2.30. The predicted molar refractivity (Wildman–Crippen MR) is 57.8 cm³/mol. The molecule has 3 heteroatoms. The first-order valence-corrected chi connectivity index (χ1v) is 5.61. The van der Waals surface area contributed by atoms with E-state index < -0.39 is 0 Å². The molecule has 1 aliphatic rings. The molecule has 0 bridgehead atoms. The van der Waals surface area contributed by atoms with Crippen molar-refractivity contribution in [2.24, 2.45) is 11.7 Å². The highest BCUT2D eigenvalue weighted by Crippen LogP contribution is 2.31. The molecule has 1 unspecified atom stereocenters. The Balaban J connectivity index is 2.57. The van der Waals surface area contributed by atoms with Crippen LogP contribution in [0.1, 0.15) is 40.0 Å². The Morgan fingerprint density at radius 2 is 2.07 bits per heavy atom. The second-order valence-corrected chi connectivity index (χ2v) is 4.56. The maximum absolute atomic E-state index is 11.3. The number of carbonyl (C=O) groups excluding carboxylic acids is 1. The molecule has 82 valence electrons. The summed E-state index contributed by atoms with van der Waals surface area (Å²) < 4.78 is 0. The molecule has 0 spiro atoms. The van der Waals surface area contributed by atoms with Gasteiger partial charge in [-0.2, -0.15) is 0 Å². The van der Waals surface area contributed by atoms with Gasteiger partial charge in [0, 0.05) is 12.6 Å². The van der Waals surface area contributed by atoms with Gasteiger partial charge in [-0.05, 0) is 39.0 Å². The summed E-state index contributed by atoms with van der Waals surface area (Å²) in [6.07, 6.45) is 3.46. The Morgan fingerprint density at radius 1 is 1.50 bits per heavy atom. The minimum atomic E-state index is -0.179. The lowest BCUT2D eigenvalue weighted by Gasteiger charge is -2.32. The summed E-state index contributed by atoms with van der Waals surface area (Å²) in [7, 11) is 0. The molecule has 0 heterocycles. The van der Waals surface area contributed by atoms with Crippen molar-refractivity contribution in [1.29, 1.82) is 0 Å². The van der Waals surface area contributed by atoms with E-state index in [-0.39, 0.29) is 11.9 Å². The third kappa shape index (κ3) is 2.98. The number of nitrogens with two attached hydrogens (primary N) is 1. The van der Waals surface area contributed by atoms with Gasteiger partial charge in [0.1, 0.15) is 0 Å². The van der Waals surface area contributed by atoms with Crippen LogP contribution in [0.15, 0.2) is 0 Å². The fourth-order valence-corrected chi connectivity index (χ4v) is 1.90. The molecule has 0 aromatic carbocycles. The fourth-order valence-electron chi connectivity index (χ4n) is 1.90. The third-order valence-electron chi connectivity index (χ3n) is 2.94. The number of rotatable bonds is 6. The van der Waals surface area contributed by atoms with E-state index in [0.29, 0.717) is 6.04 Å². The molecular formula is C11H22N2O. The maximum atomic E-state index is 11.3. The van der Waals surface area contributed by atoms with Crippen molar-refractivity contribution in [2.45, 2.75) is 52.1 Å². The van der Waals surface area contributed by atoms with Crippen LogP contribution in [-0.2, 0) is 4.79 Å². The Labute approximate surface area is 86.6 Å². The molecule has 1 atom stereocenters. The summed E-state index contributed by atoms with van der Waals surface area (Å²) >= 11 is 0. The smallest absolute Gasteiger partial charge is 0.234 e. The topological polar surface area (TPSA) is 46.3 Å². The highest BCUT2D eigenvalue weighted by atomic mass is 16.1. The summed E-state index contributed by atoms with van der Waals surface area (Å²) in [4.78, 5) is 13.5. The van der Waals surface area contributed by atoms with Crippen LogP contribution in [0.4, 0.5) is 0 Å². The van der Waals surface area contributed by atoms with Gasteiger partial charge in [-0.1, -0.05) is 6.92 Å². The molecular weight excluding hydrogens is 176 g/mol. The number of carbonyl (C=O) groups is 1. The first kappa shape index (κ1) is 11.5. The van der Waals surface area contributed by atoms with Crippen LogP contribution in [0.25, 0.3) is 0 Å². The van der Waals surface area contributed by atoms with Crippen molar-refractivity contribution in [3.05, 3.63) is 0 Å². The van der Waals surface area contributed by atoms with E-state index >= 15 is 0 Å². The summed E-state index contributed by atoms with van der Waals surface area (Å²) in [5, 5.41) is 0. The van der Waals surface area contributed by atoms with E-state index in [4.69, 9.17) is 5.73 Å². The standard InChI is InChI=1S/C11H22N2O/c1-4-10(11(12)14)13(8(2)3)7-9-5-6-9/h8-10H,4-7H2,1-3H3,(H2,12,14). The van der Waals surface area contributed by atoms with Gasteiger partial charge in [-0.15, -0.1) is 0 Å². The number of hydrogen-bond donors (Lipinski definition) is 1. The lowest BCUT2D eigenvalue weighted by molar-refractivity contribution is -0.124. The average molecular weight is 198 g/mol. The Morgan fingerprint density at radius 3 is 2.36 bits per heavy atom. The quantitative estimate of drug-likeness (QED) is 0.700. The summed E-state index contributed by atoms with van der Waals surface area (Å²) in [6.45, 7) is 7.33. The predicted octanol–water partition coefficient (Wildman–Crippen LogP) is 1.37. The van der Waals surface area contributed by atoms with Crippen molar-refractivity contribution < 1.29 is 4.79 Å². The molecule has 0 saturated heterocycles. The van der Waals surface area contributed by atoms with Gasteiger partial charge in [0.2, 0.25) is 5.91 Å². The minimum absolute atomic E-state index is 0.0735. The van der Waals surface area contributed by atoms with Crippen LogP contribution >= 0.6 is 0 Å². The summed E-state index contributed by atoms with van der Waals surface area (Å²) in [5.41, 5.74) is 5.40. The number of amides is 1. The minimum Gasteiger partial charge on any atom is -0.368 e. The second kappa shape index (κ2) is 4.78. The van der Waals surface area contributed by atoms with Gasteiger partial charge in [-0.25, -0.2) is 0 Å². The Bertz CT molecular complexity index is 199. The first-order valence-electron chi connectivity index (χ1n) is 5.61. The van der Waals surface area contributed by atoms with Gasteiger partial charge in [0.25, 0.3) is 0 Å². The lowest BCUT2D eigenvalue weighted by atomic mass is 10.1. The molecule has 0 radical (unpaired) electrons. The first-order chi connectivity index (χ1) is 6.56. The van der Waals surface area contributed by atoms with Crippen LogP contribution in [0.5, 0.6) is 0 Å². The normalized spacial score (nSPS) is 18.9. The summed E-state index contributed by atoms with van der Waals surface area (Å²) in [5.74, 6) is 0.632. The molecule has 1 aliphatic carbocycles. The van der Waals surface area contributed by atoms with Crippen LogP contribution in [0.2, 0.25) is 0 Å².